The normalized spacial score (nSPS) is 18.8. The zero-order chi connectivity index (χ0) is 18.8. The lowest BCUT2D eigenvalue weighted by molar-refractivity contribution is 0.0260. The largest absolute Gasteiger partial charge is 0.487 e. The molecule has 1 N–H and O–H groups in total. The van der Waals surface area contributed by atoms with E-state index in [1.165, 1.54) is 0 Å². The zero-order valence-electron chi connectivity index (χ0n) is 15.0. The van der Waals surface area contributed by atoms with Crippen molar-refractivity contribution in [2.75, 3.05) is 0 Å². The Balaban J connectivity index is 1.87. The van der Waals surface area contributed by atoms with Crippen LogP contribution in [0.4, 0.5) is 0 Å². The van der Waals surface area contributed by atoms with Gasteiger partial charge in [0, 0.05) is 17.0 Å². The maximum atomic E-state index is 12.8. The van der Waals surface area contributed by atoms with Crippen LogP contribution in [0.3, 0.4) is 0 Å². The van der Waals surface area contributed by atoms with Crippen LogP contribution in [0.15, 0.2) is 48.5 Å². The number of benzene rings is 2. The van der Waals surface area contributed by atoms with Gasteiger partial charge in [-0.15, -0.1) is 0 Å². The number of nitrogens with one attached hydrogen (secondary N) is 1. The predicted octanol–water partition coefficient (Wildman–Crippen LogP) is 4.84. The van der Waals surface area contributed by atoms with Crippen LogP contribution in [0, 0.1) is 0 Å². The predicted molar refractivity (Wildman–Crippen MR) is 105 cm³/mol. The monoisotopic (exact) mass is 393 g/mol. The number of hydrogen-bond donors (Lipinski definition) is 1. The highest BCUT2D eigenvalue weighted by Crippen LogP contribution is 2.42. The molecule has 2 aromatic rings. The van der Waals surface area contributed by atoms with E-state index in [4.69, 9.17) is 16.3 Å². The highest BCUT2D eigenvalue weighted by molar-refractivity contribution is 7.88. The number of rotatable bonds is 6. The molecule has 1 atom stereocenters. The summed E-state index contributed by atoms with van der Waals surface area (Å²) in [4.78, 5) is 0. The first kappa shape index (κ1) is 19.2. The molecule has 0 saturated heterocycles. The van der Waals surface area contributed by atoms with Crippen molar-refractivity contribution in [2.45, 2.75) is 50.5 Å². The van der Waals surface area contributed by atoms with Gasteiger partial charge in [0.05, 0.1) is 11.8 Å². The lowest BCUT2D eigenvalue weighted by atomic mass is 9.84. The van der Waals surface area contributed by atoms with Crippen molar-refractivity contribution in [3.8, 4) is 5.75 Å². The summed E-state index contributed by atoms with van der Waals surface area (Å²) < 4.78 is 34.7. The Kier molecular flexibility index (Phi) is 5.61. The third-order valence-corrected chi connectivity index (χ3v) is 6.65. The molecule has 2 aromatic carbocycles. The minimum absolute atomic E-state index is 0.0989. The molecule has 1 heterocycles. The number of halogens is 1. The van der Waals surface area contributed by atoms with E-state index in [2.05, 4.69) is 18.6 Å². The Bertz CT molecular complexity index is 878. The number of fused-ring (bicyclic) bond motifs is 1. The van der Waals surface area contributed by atoms with Gasteiger partial charge in [0.25, 0.3) is 0 Å². The second-order valence-corrected chi connectivity index (χ2v) is 8.98. The smallest absolute Gasteiger partial charge is 0.216 e. The number of para-hydroxylation sites is 1. The highest BCUT2D eigenvalue weighted by atomic mass is 35.5. The first-order chi connectivity index (χ1) is 12.4. The van der Waals surface area contributed by atoms with Crippen LogP contribution in [-0.2, 0) is 15.8 Å². The molecule has 140 valence electrons. The van der Waals surface area contributed by atoms with Crippen molar-refractivity contribution in [2.24, 2.45) is 0 Å². The molecule has 3 rings (SSSR count). The first-order valence-corrected chi connectivity index (χ1v) is 10.9. The van der Waals surface area contributed by atoms with Gasteiger partial charge in [-0.05, 0) is 36.6 Å². The Hall–Kier alpha value is -1.56. The summed E-state index contributed by atoms with van der Waals surface area (Å²) in [6.07, 6.45) is 2.26. The van der Waals surface area contributed by atoms with E-state index in [9.17, 15) is 8.42 Å². The molecule has 1 aliphatic heterocycles. The Morgan fingerprint density at radius 3 is 2.58 bits per heavy atom. The maximum absolute atomic E-state index is 12.8. The highest BCUT2D eigenvalue weighted by Gasteiger charge is 2.39. The molecule has 4 nitrogen and oxygen atoms in total. The molecule has 0 fully saturated rings. The van der Waals surface area contributed by atoms with E-state index in [0.717, 1.165) is 24.2 Å². The van der Waals surface area contributed by atoms with Crippen molar-refractivity contribution < 1.29 is 13.2 Å². The molecule has 0 spiro atoms. The summed E-state index contributed by atoms with van der Waals surface area (Å²) in [7, 11) is -3.52. The van der Waals surface area contributed by atoms with Gasteiger partial charge in [-0.2, -0.15) is 0 Å². The van der Waals surface area contributed by atoms with Gasteiger partial charge in [-0.25, -0.2) is 13.1 Å². The summed E-state index contributed by atoms with van der Waals surface area (Å²) in [6, 6.07) is 14.3. The van der Waals surface area contributed by atoms with Crippen molar-refractivity contribution in [3.63, 3.8) is 0 Å². The molecular formula is C20H24ClNO3S. The van der Waals surface area contributed by atoms with E-state index in [1.54, 1.807) is 24.3 Å². The molecule has 1 aliphatic rings. The minimum Gasteiger partial charge on any atom is -0.487 e. The summed E-state index contributed by atoms with van der Waals surface area (Å²) in [5.41, 5.74) is 1.21. The first-order valence-electron chi connectivity index (χ1n) is 8.89. The minimum atomic E-state index is -3.52. The Morgan fingerprint density at radius 2 is 1.88 bits per heavy atom. The molecule has 0 bridgehead atoms. The number of hydrogen-bond acceptors (Lipinski definition) is 3. The number of ether oxygens (including phenoxy) is 1. The van der Waals surface area contributed by atoms with Crippen LogP contribution in [0.1, 0.15) is 50.3 Å². The molecule has 0 saturated carbocycles. The van der Waals surface area contributed by atoms with Crippen molar-refractivity contribution >= 4 is 21.6 Å². The second kappa shape index (κ2) is 7.59. The zero-order valence-corrected chi connectivity index (χ0v) is 16.6. The molecular weight excluding hydrogens is 370 g/mol. The van der Waals surface area contributed by atoms with Gasteiger partial charge >= 0.3 is 0 Å². The van der Waals surface area contributed by atoms with E-state index >= 15 is 0 Å². The van der Waals surface area contributed by atoms with Crippen LogP contribution < -0.4 is 9.46 Å². The summed E-state index contributed by atoms with van der Waals surface area (Å²) >= 11 is 5.98. The SMILES string of the molecule is CCC1(CC)C[C@@H](NS(=O)(=O)Cc2cccc(Cl)c2)c2ccccc2O1. The van der Waals surface area contributed by atoms with E-state index in [0.29, 0.717) is 17.0 Å². The average molecular weight is 394 g/mol. The van der Waals surface area contributed by atoms with Crippen LogP contribution in [0.2, 0.25) is 5.02 Å². The fraction of sp³-hybridized carbons (Fsp3) is 0.400. The molecule has 0 unspecified atom stereocenters. The molecule has 0 aliphatic carbocycles. The Morgan fingerprint density at radius 1 is 1.15 bits per heavy atom. The van der Waals surface area contributed by atoms with Crippen molar-refractivity contribution in [1.82, 2.24) is 4.72 Å². The van der Waals surface area contributed by atoms with Crippen LogP contribution in [-0.4, -0.2) is 14.0 Å². The summed E-state index contributed by atoms with van der Waals surface area (Å²) in [6.45, 7) is 4.16. The van der Waals surface area contributed by atoms with Crippen LogP contribution in [0.25, 0.3) is 0 Å². The third-order valence-electron chi connectivity index (χ3n) is 5.05. The summed E-state index contributed by atoms with van der Waals surface area (Å²) in [5.74, 6) is 0.663. The second-order valence-electron chi connectivity index (χ2n) is 6.79. The Labute approximate surface area is 160 Å². The molecule has 6 heteroatoms. The maximum Gasteiger partial charge on any atom is 0.216 e. The van der Waals surface area contributed by atoms with E-state index in [1.807, 2.05) is 24.3 Å². The molecule has 0 amide bonds. The fourth-order valence-corrected chi connectivity index (χ4v) is 5.07. The topological polar surface area (TPSA) is 55.4 Å². The fourth-order valence-electron chi connectivity index (χ4n) is 3.51. The van der Waals surface area contributed by atoms with Crippen LogP contribution >= 0.6 is 11.6 Å². The summed E-state index contributed by atoms with van der Waals surface area (Å²) in [5, 5.41) is 0.532. The average Bonchev–Trinajstić information content (AvgIpc) is 2.60. The third kappa shape index (κ3) is 4.22. The van der Waals surface area contributed by atoms with Crippen molar-refractivity contribution in [3.05, 3.63) is 64.7 Å². The van der Waals surface area contributed by atoms with Gasteiger partial charge < -0.3 is 4.74 Å². The van der Waals surface area contributed by atoms with Crippen molar-refractivity contribution in [1.29, 1.82) is 0 Å². The standard InChI is InChI=1S/C20H24ClNO3S/c1-3-20(4-2)13-18(17-10-5-6-11-19(17)25-20)22-26(23,24)14-15-8-7-9-16(21)12-15/h5-12,18,22H,3-4,13-14H2,1-2H3/t18-/m1/s1. The molecule has 0 aromatic heterocycles. The molecule has 26 heavy (non-hydrogen) atoms. The van der Waals surface area contributed by atoms with Crippen LogP contribution in [0.5, 0.6) is 5.75 Å². The van der Waals surface area contributed by atoms with Gasteiger partial charge in [0.1, 0.15) is 11.4 Å². The van der Waals surface area contributed by atoms with Gasteiger partial charge in [-0.3, -0.25) is 0 Å². The molecule has 0 radical (unpaired) electrons. The lowest BCUT2D eigenvalue weighted by Gasteiger charge is -2.41. The quantitative estimate of drug-likeness (QED) is 0.763. The number of sulfonamides is 1. The van der Waals surface area contributed by atoms with Gasteiger partial charge in [0.2, 0.25) is 10.0 Å². The van der Waals surface area contributed by atoms with Gasteiger partial charge in [0.15, 0.2) is 0 Å². The van der Waals surface area contributed by atoms with Gasteiger partial charge in [-0.1, -0.05) is 55.8 Å². The lowest BCUT2D eigenvalue weighted by Crippen LogP contribution is -2.44. The van der Waals surface area contributed by atoms with E-state index in [-0.39, 0.29) is 17.4 Å². The van der Waals surface area contributed by atoms with E-state index < -0.39 is 10.0 Å².